The molecule has 0 spiro atoms. The lowest BCUT2D eigenvalue weighted by molar-refractivity contribution is 0.246. The number of ether oxygens (including phenoxy) is 2. The lowest BCUT2D eigenvalue weighted by atomic mass is 10.3. The molecular formula is C15H15F2NO2. The molecule has 2 aromatic carbocycles. The molecule has 3 nitrogen and oxygen atoms in total. The number of rotatable bonds is 6. The number of hydrogen-bond acceptors (Lipinski definition) is 3. The van der Waals surface area contributed by atoms with Crippen LogP contribution in [0.15, 0.2) is 42.5 Å². The van der Waals surface area contributed by atoms with E-state index in [4.69, 9.17) is 15.2 Å². The Morgan fingerprint density at radius 3 is 2.05 bits per heavy atom. The molecule has 0 saturated heterocycles. The summed E-state index contributed by atoms with van der Waals surface area (Å²) in [4.78, 5) is 0. The maximum absolute atomic E-state index is 12.9. The van der Waals surface area contributed by atoms with E-state index in [1.54, 1.807) is 24.3 Å². The fourth-order valence-electron chi connectivity index (χ4n) is 1.57. The third-order valence-corrected chi connectivity index (χ3v) is 2.60. The molecule has 2 N–H and O–H groups in total. The van der Waals surface area contributed by atoms with Crippen LogP contribution in [-0.2, 0) is 0 Å². The van der Waals surface area contributed by atoms with Gasteiger partial charge in [0.25, 0.3) is 0 Å². The van der Waals surface area contributed by atoms with Crippen LogP contribution in [0.1, 0.15) is 6.42 Å². The van der Waals surface area contributed by atoms with Crippen molar-refractivity contribution in [1.82, 2.24) is 0 Å². The summed E-state index contributed by atoms with van der Waals surface area (Å²) in [6.45, 7) is 0.827. The highest BCUT2D eigenvalue weighted by Crippen LogP contribution is 2.16. The van der Waals surface area contributed by atoms with E-state index < -0.39 is 11.6 Å². The van der Waals surface area contributed by atoms with Gasteiger partial charge in [0.15, 0.2) is 11.6 Å². The standard InChI is InChI=1S/C15H15F2NO2/c16-14-7-6-13(10-15(14)17)20-9-1-8-19-12-4-2-11(18)3-5-12/h2-7,10H,1,8-9,18H2. The molecule has 0 heterocycles. The predicted octanol–water partition coefficient (Wildman–Crippen LogP) is 3.39. The Balaban J connectivity index is 1.68. The molecule has 0 aromatic heterocycles. The Bertz CT molecular complexity index is 558. The molecule has 0 aliphatic carbocycles. The van der Waals surface area contributed by atoms with Gasteiger partial charge in [-0.1, -0.05) is 0 Å². The molecule has 106 valence electrons. The zero-order valence-corrected chi connectivity index (χ0v) is 10.8. The van der Waals surface area contributed by atoms with E-state index in [0.29, 0.717) is 31.1 Å². The van der Waals surface area contributed by atoms with Gasteiger partial charge in [0.05, 0.1) is 13.2 Å². The van der Waals surface area contributed by atoms with Gasteiger partial charge in [0.2, 0.25) is 0 Å². The third kappa shape index (κ3) is 4.12. The SMILES string of the molecule is Nc1ccc(OCCCOc2ccc(F)c(F)c2)cc1. The Morgan fingerprint density at radius 2 is 1.40 bits per heavy atom. The van der Waals surface area contributed by atoms with Gasteiger partial charge >= 0.3 is 0 Å². The predicted molar refractivity (Wildman–Crippen MR) is 72.8 cm³/mol. The van der Waals surface area contributed by atoms with E-state index in [0.717, 1.165) is 17.9 Å². The van der Waals surface area contributed by atoms with Crippen LogP contribution in [0.5, 0.6) is 11.5 Å². The first-order valence-electron chi connectivity index (χ1n) is 6.21. The second-order valence-corrected chi connectivity index (χ2v) is 4.20. The van der Waals surface area contributed by atoms with Gasteiger partial charge in [-0.2, -0.15) is 0 Å². The molecular weight excluding hydrogens is 264 g/mol. The van der Waals surface area contributed by atoms with E-state index >= 15 is 0 Å². The van der Waals surface area contributed by atoms with Crippen molar-refractivity contribution in [3.05, 3.63) is 54.1 Å². The van der Waals surface area contributed by atoms with Gasteiger partial charge in [0.1, 0.15) is 11.5 Å². The minimum Gasteiger partial charge on any atom is -0.493 e. The highest BCUT2D eigenvalue weighted by molar-refractivity contribution is 5.41. The Hall–Kier alpha value is -2.30. The second kappa shape index (κ2) is 6.75. The van der Waals surface area contributed by atoms with Crippen LogP contribution in [0.25, 0.3) is 0 Å². The van der Waals surface area contributed by atoms with E-state index in [-0.39, 0.29) is 0 Å². The zero-order chi connectivity index (χ0) is 14.4. The van der Waals surface area contributed by atoms with Crippen LogP contribution in [0.2, 0.25) is 0 Å². The molecule has 20 heavy (non-hydrogen) atoms. The first-order valence-corrected chi connectivity index (χ1v) is 6.21. The number of anilines is 1. The van der Waals surface area contributed by atoms with Crippen molar-refractivity contribution in [2.24, 2.45) is 0 Å². The quantitative estimate of drug-likeness (QED) is 0.651. The van der Waals surface area contributed by atoms with E-state index in [1.165, 1.54) is 6.07 Å². The number of benzene rings is 2. The van der Waals surface area contributed by atoms with E-state index in [9.17, 15) is 8.78 Å². The van der Waals surface area contributed by atoms with Gasteiger partial charge in [-0.15, -0.1) is 0 Å². The molecule has 0 atom stereocenters. The molecule has 0 fully saturated rings. The fourth-order valence-corrected chi connectivity index (χ4v) is 1.57. The first kappa shape index (κ1) is 14.1. The van der Waals surface area contributed by atoms with Crippen LogP contribution in [0, 0.1) is 11.6 Å². The summed E-state index contributed by atoms with van der Waals surface area (Å²) in [6.07, 6.45) is 0.628. The van der Waals surface area contributed by atoms with Crippen molar-refractivity contribution >= 4 is 5.69 Å². The molecule has 0 unspecified atom stereocenters. The first-order chi connectivity index (χ1) is 9.65. The Morgan fingerprint density at radius 1 is 0.800 bits per heavy atom. The van der Waals surface area contributed by atoms with Crippen molar-refractivity contribution in [2.75, 3.05) is 18.9 Å². The number of nitrogen functional groups attached to an aromatic ring is 1. The fraction of sp³-hybridized carbons (Fsp3) is 0.200. The van der Waals surface area contributed by atoms with E-state index in [1.807, 2.05) is 0 Å². The largest absolute Gasteiger partial charge is 0.493 e. The number of hydrogen-bond donors (Lipinski definition) is 1. The second-order valence-electron chi connectivity index (χ2n) is 4.20. The van der Waals surface area contributed by atoms with Gasteiger partial charge in [-0.05, 0) is 36.4 Å². The Labute approximate surface area is 115 Å². The highest BCUT2D eigenvalue weighted by Gasteiger charge is 2.03. The molecule has 0 bridgehead atoms. The van der Waals surface area contributed by atoms with Crippen LogP contribution < -0.4 is 15.2 Å². The lowest BCUT2D eigenvalue weighted by Gasteiger charge is -2.08. The summed E-state index contributed by atoms with van der Waals surface area (Å²) < 4.78 is 36.4. The molecule has 0 radical (unpaired) electrons. The van der Waals surface area contributed by atoms with Crippen molar-refractivity contribution in [3.8, 4) is 11.5 Å². The third-order valence-electron chi connectivity index (χ3n) is 2.60. The van der Waals surface area contributed by atoms with Gasteiger partial charge in [-0.25, -0.2) is 8.78 Å². The summed E-state index contributed by atoms with van der Waals surface area (Å²) >= 11 is 0. The minimum atomic E-state index is -0.916. The van der Waals surface area contributed by atoms with Crippen LogP contribution >= 0.6 is 0 Å². The minimum absolute atomic E-state index is 0.302. The Kier molecular flexibility index (Phi) is 4.76. The summed E-state index contributed by atoms with van der Waals surface area (Å²) in [6, 6.07) is 10.5. The molecule has 0 aliphatic rings. The molecule has 0 saturated carbocycles. The maximum atomic E-state index is 12.9. The molecule has 0 aliphatic heterocycles. The van der Waals surface area contributed by atoms with Crippen LogP contribution in [0.3, 0.4) is 0 Å². The average Bonchev–Trinajstić information content (AvgIpc) is 2.44. The summed E-state index contributed by atoms with van der Waals surface area (Å²) in [5.74, 6) is -0.770. The van der Waals surface area contributed by atoms with E-state index in [2.05, 4.69) is 0 Å². The van der Waals surface area contributed by atoms with Crippen LogP contribution in [0.4, 0.5) is 14.5 Å². The van der Waals surface area contributed by atoms with Crippen molar-refractivity contribution < 1.29 is 18.3 Å². The van der Waals surface area contributed by atoms with Crippen LogP contribution in [-0.4, -0.2) is 13.2 Å². The topological polar surface area (TPSA) is 44.5 Å². The number of nitrogens with two attached hydrogens (primary N) is 1. The lowest BCUT2D eigenvalue weighted by Crippen LogP contribution is -2.05. The van der Waals surface area contributed by atoms with Gasteiger partial charge < -0.3 is 15.2 Å². The van der Waals surface area contributed by atoms with Crippen molar-refractivity contribution in [2.45, 2.75) is 6.42 Å². The van der Waals surface area contributed by atoms with Gasteiger partial charge in [-0.3, -0.25) is 0 Å². The molecule has 2 rings (SSSR count). The maximum Gasteiger partial charge on any atom is 0.162 e. The molecule has 0 amide bonds. The van der Waals surface area contributed by atoms with Gasteiger partial charge in [0, 0.05) is 18.2 Å². The zero-order valence-electron chi connectivity index (χ0n) is 10.8. The highest BCUT2D eigenvalue weighted by atomic mass is 19.2. The monoisotopic (exact) mass is 279 g/mol. The van der Waals surface area contributed by atoms with Crippen molar-refractivity contribution in [3.63, 3.8) is 0 Å². The average molecular weight is 279 g/mol. The summed E-state index contributed by atoms with van der Waals surface area (Å²) in [5.41, 5.74) is 6.24. The smallest absolute Gasteiger partial charge is 0.162 e. The van der Waals surface area contributed by atoms with Crippen molar-refractivity contribution in [1.29, 1.82) is 0 Å². The molecule has 2 aromatic rings. The number of halogens is 2. The normalized spacial score (nSPS) is 10.3. The summed E-state index contributed by atoms with van der Waals surface area (Å²) in [7, 11) is 0. The molecule has 5 heteroatoms. The summed E-state index contributed by atoms with van der Waals surface area (Å²) in [5, 5.41) is 0.